The Morgan fingerprint density at radius 3 is 2.56 bits per heavy atom. The van der Waals surface area contributed by atoms with Crippen molar-refractivity contribution in [1.29, 1.82) is 0 Å². The zero-order chi connectivity index (χ0) is 22.1. The molecule has 0 saturated carbocycles. The molecular formula is C26H20ClN3OS. The van der Waals surface area contributed by atoms with Gasteiger partial charge in [0.05, 0.1) is 5.69 Å². The highest BCUT2D eigenvalue weighted by Crippen LogP contribution is 2.30. The van der Waals surface area contributed by atoms with Crippen LogP contribution in [0.25, 0.3) is 27.8 Å². The third-order valence-corrected chi connectivity index (χ3v) is 6.61. The number of halogens is 1. The zero-order valence-electron chi connectivity index (χ0n) is 17.4. The topological polar surface area (TPSA) is 50.7 Å². The van der Waals surface area contributed by atoms with Crippen molar-refractivity contribution in [3.05, 3.63) is 112 Å². The number of hydrogen-bond acceptors (Lipinski definition) is 3. The lowest BCUT2D eigenvalue weighted by atomic mass is 10.1. The number of para-hydroxylation sites is 1. The highest BCUT2D eigenvalue weighted by Gasteiger charge is 2.18. The molecule has 0 spiro atoms. The molecule has 5 aromatic rings. The molecule has 6 heteroatoms. The molecule has 0 atom stereocenters. The maximum atomic E-state index is 13.7. The van der Waals surface area contributed by atoms with E-state index < -0.39 is 0 Å². The molecule has 3 aromatic carbocycles. The highest BCUT2D eigenvalue weighted by atomic mass is 35.5. The average molecular weight is 458 g/mol. The maximum Gasteiger partial charge on any atom is 0.283 e. The van der Waals surface area contributed by atoms with Crippen LogP contribution in [0.1, 0.15) is 11.1 Å². The number of fused-ring (bicyclic) bond motifs is 1. The number of rotatable bonds is 5. The van der Waals surface area contributed by atoms with Gasteiger partial charge in [-0.25, -0.2) is 4.98 Å². The lowest BCUT2D eigenvalue weighted by Crippen LogP contribution is -2.22. The number of thioether (sulfide) groups is 1. The van der Waals surface area contributed by atoms with Crippen LogP contribution in [-0.2, 0) is 5.75 Å². The molecule has 4 nitrogen and oxygen atoms in total. The summed E-state index contributed by atoms with van der Waals surface area (Å²) in [7, 11) is 0. The fourth-order valence-corrected chi connectivity index (χ4v) is 4.93. The molecule has 0 aliphatic carbocycles. The van der Waals surface area contributed by atoms with Crippen molar-refractivity contribution in [1.82, 2.24) is 14.5 Å². The van der Waals surface area contributed by atoms with Crippen molar-refractivity contribution >= 4 is 34.4 Å². The summed E-state index contributed by atoms with van der Waals surface area (Å²) in [5.74, 6) is 0.648. The molecule has 32 heavy (non-hydrogen) atoms. The standard InChI is InChI=1S/C26H20ClN3OS/c1-17-8-5-6-13-22(17)30-25(31)24-23(21(15-28-24)19-10-3-2-4-11-19)29-26(30)32-16-18-9-7-12-20(27)14-18/h2-15,28H,16H2,1H3. The number of nitrogens with zero attached hydrogens (tertiary/aromatic N) is 2. The molecule has 0 unspecified atom stereocenters. The fourth-order valence-electron chi connectivity index (χ4n) is 3.78. The number of aromatic nitrogens is 3. The van der Waals surface area contributed by atoms with Crippen molar-refractivity contribution in [3.8, 4) is 16.8 Å². The van der Waals surface area contributed by atoms with Crippen LogP contribution < -0.4 is 5.56 Å². The van der Waals surface area contributed by atoms with E-state index >= 15 is 0 Å². The second-order valence-corrected chi connectivity index (χ2v) is 8.91. The molecule has 1 N–H and O–H groups in total. The van der Waals surface area contributed by atoms with Gasteiger partial charge in [-0.15, -0.1) is 0 Å². The number of H-pyrrole nitrogens is 1. The van der Waals surface area contributed by atoms with Gasteiger partial charge in [-0.05, 0) is 41.8 Å². The Morgan fingerprint density at radius 1 is 1.00 bits per heavy atom. The summed E-state index contributed by atoms with van der Waals surface area (Å²) in [6.07, 6.45) is 1.86. The number of aromatic amines is 1. The second kappa shape index (κ2) is 8.69. The van der Waals surface area contributed by atoms with Crippen LogP contribution in [0.3, 0.4) is 0 Å². The first-order valence-electron chi connectivity index (χ1n) is 10.2. The van der Waals surface area contributed by atoms with E-state index in [0.717, 1.165) is 27.9 Å². The molecule has 5 rings (SSSR count). The number of benzene rings is 3. The van der Waals surface area contributed by atoms with Gasteiger partial charge >= 0.3 is 0 Å². The van der Waals surface area contributed by atoms with Gasteiger partial charge in [-0.3, -0.25) is 9.36 Å². The number of hydrogen-bond donors (Lipinski definition) is 1. The Labute approximate surface area is 194 Å². The summed E-state index contributed by atoms with van der Waals surface area (Å²) < 4.78 is 1.71. The Hall–Kier alpha value is -3.28. The largest absolute Gasteiger partial charge is 0.355 e. The van der Waals surface area contributed by atoms with E-state index in [0.29, 0.717) is 27.0 Å². The lowest BCUT2D eigenvalue weighted by Gasteiger charge is -2.14. The normalized spacial score (nSPS) is 11.2. The van der Waals surface area contributed by atoms with E-state index in [4.69, 9.17) is 16.6 Å². The molecule has 2 heterocycles. The Bertz CT molecular complexity index is 1470. The maximum absolute atomic E-state index is 13.7. The molecule has 0 amide bonds. The molecule has 158 valence electrons. The molecule has 0 aliphatic heterocycles. The van der Waals surface area contributed by atoms with E-state index in [1.807, 2.05) is 92.0 Å². The van der Waals surface area contributed by atoms with Gasteiger partial charge in [0.25, 0.3) is 5.56 Å². The van der Waals surface area contributed by atoms with E-state index in [-0.39, 0.29) is 5.56 Å². The minimum Gasteiger partial charge on any atom is -0.355 e. The molecular weight excluding hydrogens is 438 g/mol. The van der Waals surface area contributed by atoms with Crippen LogP contribution in [0, 0.1) is 6.92 Å². The Kier molecular flexibility index (Phi) is 5.60. The first-order chi connectivity index (χ1) is 15.6. The van der Waals surface area contributed by atoms with E-state index in [1.54, 1.807) is 4.57 Å². The molecule has 0 aliphatic rings. The molecule has 2 aromatic heterocycles. The van der Waals surface area contributed by atoms with Crippen LogP contribution in [-0.4, -0.2) is 14.5 Å². The van der Waals surface area contributed by atoms with Gasteiger partial charge in [0.1, 0.15) is 11.0 Å². The molecule has 0 radical (unpaired) electrons. The number of aryl methyl sites for hydroxylation is 1. The first-order valence-corrected chi connectivity index (χ1v) is 11.6. The summed E-state index contributed by atoms with van der Waals surface area (Å²) in [5, 5.41) is 1.34. The predicted octanol–water partition coefficient (Wildman–Crippen LogP) is 6.63. The summed E-state index contributed by atoms with van der Waals surface area (Å²) in [5.41, 5.74) is 5.92. The summed E-state index contributed by atoms with van der Waals surface area (Å²) in [6.45, 7) is 2.00. The van der Waals surface area contributed by atoms with Gasteiger partial charge in [-0.2, -0.15) is 0 Å². The second-order valence-electron chi connectivity index (χ2n) is 7.53. The smallest absolute Gasteiger partial charge is 0.283 e. The zero-order valence-corrected chi connectivity index (χ0v) is 19.0. The van der Waals surface area contributed by atoms with Crippen molar-refractivity contribution < 1.29 is 0 Å². The summed E-state index contributed by atoms with van der Waals surface area (Å²) >= 11 is 7.70. The van der Waals surface area contributed by atoms with E-state index in [9.17, 15) is 4.79 Å². The Balaban J connectivity index is 1.70. The quantitative estimate of drug-likeness (QED) is 0.238. The molecule has 0 saturated heterocycles. The Morgan fingerprint density at radius 2 is 1.78 bits per heavy atom. The van der Waals surface area contributed by atoms with Crippen LogP contribution in [0.2, 0.25) is 5.02 Å². The predicted molar refractivity (Wildman–Crippen MR) is 133 cm³/mol. The fraction of sp³-hybridized carbons (Fsp3) is 0.0769. The van der Waals surface area contributed by atoms with E-state index in [2.05, 4.69) is 4.98 Å². The van der Waals surface area contributed by atoms with Gasteiger partial charge in [0, 0.05) is 22.5 Å². The lowest BCUT2D eigenvalue weighted by molar-refractivity contribution is 0.813. The SMILES string of the molecule is Cc1ccccc1-n1c(SCc2cccc(Cl)c2)nc2c(-c3ccccc3)c[nH]c2c1=O. The van der Waals surface area contributed by atoms with Crippen LogP contribution in [0.15, 0.2) is 95.0 Å². The van der Waals surface area contributed by atoms with Crippen molar-refractivity contribution in [2.75, 3.05) is 0 Å². The van der Waals surface area contributed by atoms with E-state index in [1.165, 1.54) is 11.8 Å². The van der Waals surface area contributed by atoms with Gasteiger partial charge in [0.2, 0.25) is 0 Å². The first kappa shape index (κ1) is 20.6. The highest BCUT2D eigenvalue weighted by molar-refractivity contribution is 7.98. The van der Waals surface area contributed by atoms with Gasteiger partial charge < -0.3 is 4.98 Å². The minimum atomic E-state index is -0.111. The average Bonchev–Trinajstić information content (AvgIpc) is 3.23. The third-order valence-electron chi connectivity index (χ3n) is 5.37. The van der Waals surface area contributed by atoms with Crippen molar-refractivity contribution in [3.63, 3.8) is 0 Å². The third kappa shape index (κ3) is 3.85. The van der Waals surface area contributed by atoms with Gasteiger partial charge in [0.15, 0.2) is 5.16 Å². The van der Waals surface area contributed by atoms with Crippen molar-refractivity contribution in [2.24, 2.45) is 0 Å². The minimum absolute atomic E-state index is 0.111. The van der Waals surface area contributed by atoms with Gasteiger partial charge in [-0.1, -0.05) is 84.0 Å². The van der Waals surface area contributed by atoms with Crippen molar-refractivity contribution in [2.45, 2.75) is 17.8 Å². The molecule has 0 bridgehead atoms. The van der Waals surface area contributed by atoms with Crippen LogP contribution >= 0.6 is 23.4 Å². The molecule has 0 fully saturated rings. The van der Waals surface area contributed by atoms with Crippen LogP contribution in [0.4, 0.5) is 0 Å². The number of nitrogens with one attached hydrogen (secondary N) is 1. The monoisotopic (exact) mass is 457 g/mol. The summed E-state index contributed by atoms with van der Waals surface area (Å²) in [6, 6.07) is 25.6. The summed E-state index contributed by atoms with van der Waals surface area (Å²) in [4.78, 5) is 21.8. The van der Waals surface area contributed by atoms with Crippen LogP contribution in [0.5, 0.6) is 0 Å².